The zero-order valence-corrected chi connectivity index (χ0v) is 13.1. The molecule has 0 unspecified atom stereocenters. The maximum atomic E-state index is 13.1. The average Bonchev–Trinajstić information content (AvgIpc) is 2.81. The SMILES string of the molecule is Nc1cn(-c2ccc(Br)cc2)nc1-c1ccc(F)cc1Cl. The summed E-state index contributed by atoms with van der Waals surface area (Å²) in [5.41, 5.74) is 8.48. The van der Waals surface area contributed by atoms with E-state index in [-0.39, 0.29) is 5.02 Å². The van der Waals surface area contributed by atoms with E-state index >= 15 is 0 Å². The van der Waals surface area contributed by atoms with Gasteiger partial charge in [0.2, 0.25) is 0 Å². The molecule has 3 aromatic rings. The average molecular weight is 367 g/mol. The molecule has 21 heavy (non-hydrogen) atoms. The molecule has 0 aliphatic rings. The standard InChI is InChI=1S/C15H10BrClFN3/c16-9-1-4-11(5-2-9)21-8-14(19)15(20-21)12-6-3-10(18)7-13(12)17/h1-8H,19H2. The number of nitrogens with two attached hydrogens (primary N) is 1. The zero-order chi connectivity index (χ0) is 15.0. The van der Waals surface area contributed by atoms with Crippen LogP contribution in [0.1, 0.15) is 0 Å². The van der Waals surface area contributed by atoms with Gasteiger partial charge in [0.1, 0.15) is 11.5 Å². The molecular weight excluding hydrogens is 357 g/mol. The molecule has 0 aliphatic heterocycles. The predicted octanol–water partition coefficient (Wildman–Crippen LogP) is 4.68. The first kappa shape index (κ1) is 14.1. The zero-order valence-electron chi connectivity index (χ0n) is 10.7. The molecule has 2 N–H and O–H groups in total. The first-order valence-corrected chi connectivity index (χ1v) is 7.28. The Labute approximate surface area is 134 Å². The van der Waals surface area contributed by atoms with Crippen LogP contribution in [0.3, 0.4) is 0 Å². The van der Waals surface area contributed by atoms with E-state index in [0.717, 1.165) is 10.2 Å². The van der Waals surface area contributed by atoms with Crippen molar-refractivity contribution in [3.63, 3.8) is 0 Å². The molecule has 2 aromatic carbocycles. The van der Waals surface area contributed by atoms with Gasteiger partial charge in [0.15, 0.2) is 0 Å². The van der Waals surface area contributed by atoms with Crippen LogP contribution < -0.4 is 5.73 Å². The fourth-order valence-electron chi connectivity index (χ4n) is 2.00. The van der Waals surface area contributed by atoms with Crippen molar-refractivity contribution in [3.8, 4) is 16.9 Å². The highest BCUT2D eigenvalue weighted by Crippen LogP contribution is 2.32. The maximum absolute atomic E-state index is 13.1. The third-order valence-corrected chi connectivity index (χ3v) is 3.86. The largest absolute Gasteiger partial charge is 0.396 e. The first-order valence-electron chi connectivity index (χ1n) is 6.11. The van der Waals surface area contributed by atoms with Gasteiger partial charge < -0.3 is 5.73 Å². The smallest absolute Gasteiger partial charge is 0.124 e. The lowest BCUT2D eigenvalue weighted by Crippen LogP contribution is -1.94. The molecule has 6 heteroatoms. The van der Waals surface area contributed by atoms with Gasteiger partial charge in [-0.25, -0.2) is 9.07 Å². The molecule has 3 rings (SSSR count). The van der Waals surface area contributed by atoms with Crippen molar-refractivity contribution in [3.05, 3.63) is 64.0 Å². The Kier molecular flexibility index (Phi) is 3.69. The van der Waals surface area contributed by atoms with Crippen molar-refractivity contribution >= 4 is 33.2 Å². The highest BCUT2D eigenvalue weighted by atomic mass is 79.9. The minimum atomic E-state index is -0.394. The molecular formula is C15H10BrClFN3. The van der Waals surface area contributed by atoms with E-state index in [0.29, 0.717) is 16.9 Å². The summed E-state index contributed by atoms with van der Waals surface area (Å²) in [5.74, 6) is -0.394. The van der Waals surface area contributed by atoms with E-state index in [1.807, 2.05) is 24.3 Å². The third kappa shape index (κ3) is 2.80. The molecule has 0 fully saturated rings. The van der Waals surface area contributed by atoms with Crippen LogP contribution in [0, 0.1) is 5.82 Å². The monoisotopic (exact) mass is 365 g/mol. The molecule has 0 atom stereocenters. The number of rotatable bonds is 2. The highest BCUT2D eigenvalue weighted by Gasteiger charge is 2.13. The Hall–Kier alpha value is -1.85. The lowest BCUT2D eigenvalue weighted by molar-refractivity contribution is 0.628. The fraction of sp³-hybridized carbons (Fsp3) is 0. The van der Waals surface area contributed by atoms with E-state index in [9.17, 15) is 4.39 Å². The van der Waals surface area contributed by atoms with Gasteiger partial charge in [-0.1, -0.05) is 27.5 Å². The first-order chi connectivity index (χ1) is 10.0. The fourth-order valence-corrected chi connectivity index (χ4v) is 2.53. The summed E-state index contributed by atoms with van der Waals surface area (Å²) in [6.07, 6.45) is 1.71. The third-order valence-electron chi connectivity index (χ3n) is 3.02. The quantitative estimate of drug-likeness (QED) is 0.716. The molecule has 0 bridgehead atoms. The summed E-state index contributed by atoms with van der Waals surface area (Å²) < 4.78 is 15.8. The number of hydrogen-bond acceptors (Lipinski definition) is 2. The van der Waals surface area contributed by atoms with E-state index in [2.05, 4.69) is 21.0 Å². The molecule has 0 radical (unpaired) electrons. The van der Waals surface area contributed by atoms with E-state index in [4.69, 9.17) is 17.3 Å². The van der Waals surface area contributed by atoms with Crippen molar-refractivity contribution in [1.29, 1.82) is 0 Å². The van der Waals surface area contributed by atoms with Crippen molar-refractivity contribution < 1.29 is 4.39 Å². The number of benzene rings is 2. The molecule has 0 spiro atoms. The van der Waals surface area contributed by atoms with Crippen LogP contribution in [0.5, 0.6) is 0 Å². The van der Waals surface area contributed by atoms with E-state index in [1.165, 1.54) is 12.1 Å². The Bertz CT molecular complexity index is 799. The topological polar surface area (TPSA) is 43.8 Å². The van der Waals surface area contributed by atoms with Gasteiger partial charge >= 0.3 is 0 Å². The van der Waals surface area contributed by atoms with Crippen molar-refractivity contribution in [1.82, 2.24) is 9.78 Å². The van der Waals surface area contributed by atoms with E-state index in [1.54, 1.807) is 16.9 Å². The van der Waals surface area contributed by atoms with Gasteiger partial charge in [-0.15, -0.1) is 0 Å². The number of anilines is 1. The molecule has 3 nitrogen and oxygen atoms in total. The Balaban J connectivity index is 2.07. The lowest BCUT2D eigenvalue weighted by Gasteiger charge is -2.03. The van der Waals surface area contributed by atoms with Crippen LogP contribution in [-0.2, 0) is 0 Å². The number of nitrogens with zero attached hydrogens (tertiary/aromatic N) is 2. The summed E-state index contributed by atoms with van der Waals surface area (Å²) in [5, 5.41) is 4.72. The molecule has 1 aromatic heterocycles. The molecule has 0 amide bonds. The number of halogens is 3. The van der Waals surface area contributed by atoms with Crippen LogP contribution in [0.25, 0.3) is 16.9 Å². The second-order valence-electron chi connectivity index (χ2n) is 4.48. The lowest BCUT2D eigenvalue weighted by atomic mass is 10.1. The second-order valence-corrected chi connectivity index (χ2v) is 5.80. The van der Waals surface area contributed by atoms with Gasteiger partial charge in [0.05, 0.1) is 22.6 Å². The number of hydrogen-bond donors (Lipinski definition) is 1. The molecule has 0 saturated carbocycles. The Morgan fingerprint density at radius 1 is 1.14 bits per heavy atom. The molecule has 1 heterocycles. The summed E-state index contributed by atoms with van der Waals surface area (Å²) >= 11 is 9.44. The van der Waals surface area contributed by atoms with Gasteiger partial charge in [-0.05, 0) is 42.5 Å². The number of aromatic nitrogens is 2. The summed E-state index contributed by atoms with van der Waals surface area (Å²) in [4.78, 5) is 0. The predicted molar refractivity (Wildman–Crippen MR) is 86.1 cm³/mol. The van der Waals surface area contributed by atoms with Crippen molar-refractivity contribution in [2.45, 2.75) is 0 Å². The second kappa shape index (κ2) is 5.50. The van der Waals surface area contributed by atoms with Crippen LogP contribution in [0.15, 0.2) is 53.1 Å². The number of nitrogen functional groups attached to an aromatic ring is 1. The van der Waals surface area contributed by atoms with Crippen LogP contribution in [-0.4, -0.2) is 9.78 Å². The van der Waals surface area contributed by atoms with Crippen LogP contribution in [0.4, 0.5) is 10.1 Å². The van der Waals surface area contributed by atoms with Gasteiger partial charge in [-0.2, -0.15) is 5.10 Å². The summed E-state index contributed by atoms with van der Waals surface area (Å²) in [6.45, 7) is 0. The van der Waals surface area contributed by atoms with E-state index < -0.39 is 5.82 Å². The summed E-state index contributed by atoms with van der Waals surface area (Å²) in [6, 6.07) is 11.8. The van der Waals surface area contributed by atoms with Gasteiger partial charge in [-0.3, -0.25) is 0 Å². The normalized spacial score (nSPS) is 10.8. The van der Waals surface area contributed by atoms with Gasteiger partial charge in [0, 0.05) is 10.0 Å². The van der Waals surface area contributed by atoms with Crippen LogP contribution in [0.2, 0.25) is 5.02 Å². The maximum Gasteiger partial charge on any atom is 0.124 e. The molecule has 106 valence electrons. The minimum Gasteiger partial charge on any atom is -0.396 e. The van der Waals surface area contributed by atoms with Gasteiger partial charge in [0.25, 0.3) is 0 Å². The summed E-state index contributed by atoms with van der Waals surface area (Å²) in [7, 11) is 0. The van der Waals surface area contributed by atoms with Crippen LogP contribution >= 0.6 is 27.5 Å². The Morgan fingerprint density at radius 2 is 1.86 bits per heavy atom. The Morgan fingerprint density at radius 3 is 2.52 bits per heavy atom. The minimum absolute atomic E-state index is 0.280. The highest BCUT2D eigenvalue weighted by molar-refractivity contribution is 9.10. The molecule has 0 aliphatic carbocycles. The molecule has 0 saturated heterocycles. The van der Waals surface area contributed by atoms with Crippen molar-refractivity contribution in [2.75, 3.05) is 5.73 Å². The van der Waals surface area contributed by atoms with Crippen molar-refractivity contribution in [2.24, 2.45) is 0 Å².